The van der Waals surface area contributed by atoms with Gasteiger partial charge in [0.25, 0.3) is 5.91 Å². The number of para-hydroxylation sites is 1. The third kappa shape index (κ3) is 5.77. The van der Waals surface area contributed by atoms with E-state index in [0.29, 0.717) is 6.61 Å². The summed E-state index contributed by atoms with van der Waals surface area (Å²) in [4.78, 5) is 23.8. The summed E-state index contributed by atoms with van der Waals surface area (Å²) in [5, 5.41) is 0. The standard InChI is InChI=1S/C19H21FN2O4/c1-3-25-15-10-8-14(9-11-15)12-18(23)21-22-19(24)13(2)26-17-7-5-4-6-16(17)20/h4-11,13H,3,12H2,1-2H3,(H,21,23)(H,22,24). The number of halogens is 1. The fourth-order valence-electron chi connectivity index (χ4n) is 2.12. The molecule has 6 nitrogen and oxygen atoms in total. The lowest BCUT2D eigenvalue weighted by molar-refractivity contribution is -0.132. The number of hydrazine groups is 1. The van der Waals surface area contributed by atoms with Crippen LogP contribution in [0.1, 0.15) is 19.4 Å². The largest absolute Gasteiger partial charge is 0.494 e. The smallest absolute Gasteiger partial charge is 0.279 e. The van der Waals surface area contributed by atoms with Crippen LogP contribution in [0.4, 0.5) is 4.39 Å². The fourth-order valence-corrected chi connectivity index (χ4v) is 2.12. The van der Waals surface area contributed by atoms with Crippen molar-refractivity contribution >= 4 is 11.8 Å². The summed E-state index contributed by atoms with van der Waals surface area (Å²) in [6.07, 6.45) is -0.882. The molecular formula is C19H21FN2O4. The van der Waals surface area contributed by atoms with Crippen LogP contribution >= 0.6 is 0 Å². The molecule has 138 valence electrons. The van der Waals surface area contributed by atoms with E-state index < -0.39 is 17.8 Å². The molecule has 1 unspecified atom stereocenters. The molecule has 2 aromatic carbocycles. The number of nitrogens with one attached hydrogen (secondary N) is 2. The van der Waals surface area contributed by atoms with E-state index in [1.54, 1.807) is 30.3 Å². The Labute approximate surface area is 151 Å². The van der Waals surface area contributed by atoms with Crippen molar-refractivity contribution < 1.29 is 23.5 Å². The summed E-state index contributed by atoms with van der Waals surface area (Å²) in [7, 11) is 0. The lowest BCUT2D eigenvalue weighted by Crippen LogP contribution is -2.47. The van der Waals surface area contributed by atoms with Gasteiger partial charge < -0.3 is 9.47 Å². The third-order valence-corrected chi connectivity index (χ3v) is 3.43. The average molecular weight is 360 g/mol. The zero-order valence-corrected chi connectivity index (χ0v) is 14.6. The van der Waals surface area contributed by atoms with Gasteiger partial charge >= 0.3 is 0 Å². The molecule has 0 spiro atoms. The van der Waals surface area contributed by atoms with E-state index in [0.717, 1.165) is 11.3 Å². The van der Waals surface area contributed by atoms with Crippen LogP contribution in [0.2, 0.25) is 0 Å². The number of rotatable bonds is 7. The molecule has 26 heavy (non-hydrogen) atoms. The molecule has 0 aliphatic carbocycles. The van der Waals surface area contributed by atoms with Gasteiger partial charge in [-0.25, -0.2) is 4.39 Å². The Bertz CT molecular complexity index is 749. The maximum absolute atomic E-state index is 13.5. The van der Waals surface area contributed by atoms with Crippen LogP contribution < -0.4 is 20.3 Å². The van der Waals surface area contributed by atoms with Gasteiger partial charge in [0, 0.05) is 0 Å². The van der Waals surface area contributed by atoms with E-state index in [1.165, 1.54) is 25.1 Å². The number of hydrogen-bond donors (Lipinski definition) is 2. The summed E-state index contributed by atoms with van der Waals surface area (Å²) in [6, 6.07) is 12.9. The first-order valence-corrected chi connectivity index (χ1v) is 8.21. The molecule has 0 fully saturated rings. The van der Waals surface area contributed by atoms with E-state index in [2.05, 4.69) is 10.9 Å². The molecule has 2 rings (SSSR count). The van der Waals surface area contributed by atoms with Crippen molar-refractivity contribution in [2.24, 2.45) is 0 Å². The SMILES string of the molecule is CCOc1ccc(CC(=O)NNC(=O)C(C)Oc2ccccc2F)cc1. The van der Waals surface area contributed by atoms with Gasteiger partial charge in [-0.3, -0.25) is 20.4 Å². The Morgan fingerprint density at radius 3 is 2.42 bits per heavy atom. The van der Waals surface area contributed by atoms with E-state index in [9.17, 15) is 14.0 Å². The molecule has 0 saturated carbocycles. The first-order valence-electron chi connectivity index (χ1n) is 8.21. The second-order valence-corrected chi connectivity index (χ2v) is 5.48. The van der Waals surface area contributed by atoms with Crippen molar-refractivity contribution in [3.8, 4) is 11.5 Å². The molecule has 0 aliphatic heterocycles. The quantitative estimate of drug-likeness (QED) is 0.744. The van der Waals surface area contributed by atoms with Gasteiger partial charge in [0.05, 0.1) is 13.0 Å². The normalized spacial score (nSPS) is 11.3. The number of carbonyl (C=O) groups excluding carboxylic acids is 2. The number of benzene rings is 2. The van der Waals surface area contributed by atoms with Gasteiger partial charge in [-0.2, -0.15) is 0 Å². The fraction of sp³-hybridized carbons (Fsp3) is 0.263. The Morgan fingerprint density at radius 2 is 1.77 bits per heavy atom. The number of amides is 2. The highest BCUT2D eigenvalue weighted by molar-refractivity contribution is 5.85. The van der Waals surface area contributed by atoms with Crippen LogP contribution in [-0.4, -0.2) is 24.5 Å². The first-order chi connectivity index (χ1) is 12.5. The molecule has 0 radical (unpaired) electrons. The van der Waals surface area contributed by atoms with Crippen LogP contribution in [0.3, 0.4) is 0 Å². The number of hydrogen-bond acceptors (Lipinski definition) is 4. The Kier molecular flexibility index (Phi) is 6.96. The maximum atomic E-state index is 13.5. The van der Waals surface area contributed by atoms with Crippen molar-refractivity contribution in [3.05, 3.63) is 59.9 Å². The molecule has 0 saturated heterocycles. The third-order valence-electron chi connectivity index (χ3n) is 3.43. The van der Waals surface area contributed by atoms with Crippen LogP contribution in [0.25, 0.3) is 0 Å². The molecule has 0 bridgehead atoms. The minimum atomic E-state index is -0.974. The van der Waals surface area contributed by atoms with Crippen molar-refractivity contribution in [2.45, 2.75) is 26.4 Å². The van der Waals surface area contributed by atoms with Gasteiger partial charge in [0.1, 0.15) is 5.75 Å². The van der Waals surface area contributed by atoms with Gasteiger partial charge in [-0.1, -0.05) is 24.3 Å². The molecule has 0 aromatic heterocycles. The molecule has 7 heteroatoms. The summed E-state index contributed by atoms with van der Waals surface area (Å²) in [6.45, 7) is 3.92. The van der Waals surface area contributed by atoms with Crippen molar-refractivity contribution in [3.63, 3.8) is 0 Å². The highest BCUT2D eigenvalue weighted by atomic mass is 19.1. The predicted octanol–water partition coefficient (Wildman–Crippen LogP) is 2.38. The first kappa shape index (κ1) is 19.2. The van der Waals surface area contributed by atoms with E-state index >= 15 is 0 Å². The van der Waals surface area contributed by atoms with Gasteiger partial charge in [0.15, 0.2) is 17.7 Å². The Balaban J connectivity index is 1.78. The molecule has 2 amide bonds. The Hall–Kier alpha value is -3.09. The number of carbonyl (C=O) groups is 2. The maximum Gasteiger partial charge on any atom is 0.279 e. The number of ether oxygens (including phenoxy) is 2. The van der Waals surface area contributed by atoms with Gasteiger partial charge in [-0.05, 0) is 43.7 Å². The highest BCUT2D eigenvalue weighted by Crippen LogP contribution is 2.17. The van der Waals surface area contributed by atoms with Crippen LogP contribution in [0, 0.1) is 5.82 Å². The molecule has 1 atom stereocenters. The highest BCUT2D eigenvalue weighted by Gasteiger charge is 2.17. The molecule has 2 aromatic rings. The van der Waals surface area contributed by atoms with E-state index in [4.69, 9.17) is 9.47 Å². The minimum absolute atomic E-state index is 0.0316. The lowest BCUT2D eigenvalue weighted by atomic mass is 10.1. The van der Waals surface area contributed by atoms with Crippen molar-refractivity contribution in [1.29, 1.82) is 0 Å². The zero-order chi connectivity index (χ0) is 18.9. The second kappa shape index (κ2) is 9.41. The van der Waals surface area contributed by atoms with E-state index in [1.807, 2.05) is 6.92 Å². The van der Waals surface area contributed by atoms with Crippen LogP contribution in [-0.2, 0) is 16.0 Å². The van der Waals surface area contributed by atoms with Crippen LogP contribution in [0.5, 0.6) is 11.5 Å². The molecular weight excluding hydrogens is 339 g/mol. The van der Waals surface area contributed by atoms with Crippen molar-refractivity contribution in [1.82, 2.24) is 10.9 Å². The minimum Gasteiger partial charge on any atom is -0.494 e. The van der Waals surface area contributed by atoms with Crippen molar-refractivity contribution in [2.75, 3.05) is 6.61 Å². The van der Waals surface area contributed by atoms with Gasteiger partial charge in [0.2, 0.25) is 5.91 Å². The average Bonchev–Trinajstić information content (AvgIpc) is 2.63. The van der Waals surface area contributed by atoms with E-state index in [-0.39, 0.29) is 18.1 Å². The molecule has 0 aliphatic rings. The van der Waals surface area contributed by atoms with Gasteiger partial charge in [-0.15, -0.1) is 0 Å². The summed E-state index contributed by atoms with van der Waals surface area (Å²) in [5.74, 6) is -0.847. The second-order valence-electron chi connectivity index (χ2n) is 5.48. The van der Waals surface area contributed by atoms with Crippen LogP contribution in [0.15, 0.2) is 48.5 Å². The molecule has 0 heterocycles. The molecule has 2 N–H and O–H groups in total. The monoisotopic (exact) mass is 360 g/mol. The topological polar surface area (TPSA) is 76.7 Å². The summed E-state index contributed by atoms with van der Waals surface area (Å²) >= 11 is 0. The summed E-state index contributed by atoms with van der Waals surface area (Å²) in [5.41, 5.74) is 5.35. The lowest BCUT2D eigenvalue weighted by Gasteiger charge is -2.15. The Morgan fingerprint density at radius 1 is 1.08 bits per heavy atom. The summed E-state index contributed by atoms with van der Waals surface area (Å²) < 4.78 is 24.1. The predicted molar refractivity (Wildman–Crippen MR) is 94.1 cm³/mol. The zero-order valence-electron chi connectivity index (χ0n) is 14.6.